The molecule has 0 radical (unpaired) electrons. The van der Waals surface area contributed by atoms with E-state index in [0.29, 0.717) is 10.7 Å². The summed E-state index contributed by atoms with van der Waals surface area (Å²) in [6.07, 6.45) is 0. The van der Waals surface area contributed by atoms with Crippen molar-refractivity contribution < 1.29 is 5.11 Å². The van der Waals surface area contributed by atoms with E-state index in [1.807, 2.05) is 6.92 Å². The first-order valence-corrected chi connectivity index (χ1v) is 4.43. The number of aliphatic hydroxyl groups is 1. The van der Waals surface area contributed by atoms with Crippen LogP contribution in [0.5, 0.6) is 0 Å². The lowest BCUT2D eigenvalue weighted by molar-refractivity contribution is 0.281. The van der Waals surface area contributed by atoms with E-state index in [4.69, 9.17) is 22.4 Å². The molecular weight excluding hydrogens is 188 g/mol. The number of anilines is 2. The molecule has 0 aliphatic rings. The number of nitrogens with one attached hydrogen (secondary N) is 1. The summed E-state index contributed by atoms with van der Waals surface area (Å²) < 4.78 is 0. The lowest BCUT2D eigenvalue weighted by Gasteiger charge is -2.13. The van der Waals surface area contributed by atoms with Gasteiger partial charge in [-0.1, -0.05) is 11.6 Å². The average molecular weight is 201 g/mol. The third-order valence-electron chi connectivity index (χ3n) is 1.67. The molecule has 0 aliphatic heterocycles. The summed E-state index contributed by atoms with van der Waals surface area (Å²) >= 11 is 5.91. The number of nitrogen functional groups attached to an aromatic ring is 1. The van der Waals surface area contributed by atoms with Gasteiger partial charge in [-0.3, -0.25) is 0 Å². The number of nitrogens with two attached hydrogens (primary N) is 1. The van der Waals surface area contributed by atoms with E-state index in [1.54, 1.807) is 18.2 Å². The Morgan fingerprint density at radius 3 is 2.85 bits per heavy atom. The van der Waals surface area contributed by atoms with E-state index in [1.165, 1.54) is 0 Å². The lowest BCUT2D eigenvalue weighted by atomic mass is 10.2. The van der Waals surface area contributed by atoms with E-state index in [0.717, 1.165) is 5.69 Å². The van der Waals surface area contributed by atoms with Crippen LogP contribution in [0.15, 0.2) is 18.2 Å². The van der Waals surface area contributed by atoms with Crippen molar-refractivity contribution in [3.63, 3.8) is 0 Å². The molecule has 0 aromatic heterocycles. The van der Waals surface area contributed by atoms with Crippen molar-refractivity contribution in [3.8, 4) is 0 Å². The SMILES string of the molecule is CC(CO)Nc1ccc(N)cc1Cl. The molecule has 0 amide bonds. The topological polar surface area (TPSA) is 58.3 Å². The zero-order valence-electron chi connectivity index (χ0n) is 7.42. The van der Waals surface area contributed by atoms with E-state index >= 15 is 0 Å². The Bertz CT molecular complexity index is 291. The lowest BCUT2D eigenvalue weighted by Crippen LogP contribution is -2.19. The molecule has 0 saturated heterocycles. The monoisotopic (exact) mass is 200 g/mol. The molecule has 4 N–H and O–H groups in total. The predicted molar refractivity (Wildman–Crippen MR) is 56.0 cm³/mol. The number of hydrogen-bond donors (Lipinski definition) is 3. The van der Waals surface area contributed by atoms with Crippen molar-refractivity contribution in [3.05, 3.63) is 23.2 Å². The van der Waals surface area contributed by atoms with Crippen LogP contribution in [0.4, 0.5) is 11.4 Å². The van der Waals surface area contributed by atoms with Crippen molar-refractivity contribution in [2.45, 2.75) is 13.0 Å². The number of rotatable bonds is 3. The average Bonchev–Trinajstić information content (AvgIpc) is 2.09. The van der Waals surface area contributed by atoms with Crippen LogP contribution in [-0.2, 0) is 0 Å². The largest absolute Gasteiger partial charge is 0.399 e. The minimum Gasteiger partial charge on any atom is -0.399 e. The maximum absolute atomic E-state index is 8.81. The Morgan fingerprint density at radius 1 is 1.62 bits per heavy atom. The van der Waals surface area contributed by atoms with E-state index < -0.39 is 0 Å². The Balaban J connectivity index is 2.77. The highest BCUT2D eigenvalue weighted by molar-refractivity contribution is 6.33. The second-order valence-corrected chi connectivity index (χ2v) is 3.37. The maximum atomic E-state index is 8.81. The number of halogens is 1. The fraction of sp³-hybridized carbons (Fsp3) is 0.333. The van der Waals surface area contributed by atoms with Crippen molar-refractivity contribution in [2.75, 3.05) is 17.7 Å². The van der Waals surface area contributed by atoms with Gasteiger partial charge in [-0.05, 0) is 25.1 Å². The molecule has 1 atom stereocenters. The molecule has 1 aromatic rings. The van der Waals surface area contributed by atoms with Crippen LogP contribution >= 0.6 is 11.6 Å². The molecular formula is C9H13ClN2O. The highest BCUT2D eigenvalue weighted by atomic mass is 35.5. The van der Waals surface area contributed by atoms with Gasteiger partial charge in [0.05, 0.1) is 17.3 Å². The van der Waals surface area contributed by atoms with Gasteiger partial charge in [0, 0.05) is 11.7 Å². The second-order valence-electron chi connectivity index (χ2n) is 2.97. The normalized spacial score (nSPS) is 12.5. The van der Waals surface area contributed by atoms with Gasteiger partial charge in [-0.2, -0.15) is 0 Å². The quantitative estimate of drug-likeness (QED) is 0.652. The van der Waals surface area contributed by atoms with Gasteiger partial charge in [-0.15, -0.1) is 0 Å². The Hall–Kier alpha value is -0.930. The summed E-state index contributed by atoms with van der Waals surface area (Å²) in [5.74, 6) is 0. The molecule has 72 valence electrons. The fourth-order valence-corrected chi connectivity index (χ4v) is 1.20. The first-order chi connectivity index (χ1) is 6.13. The zero-order valence-corrected chi connectivity index (χ0v) is 8.17. The minimum atomic E-state index is -0.0128. The van der Waals surface area contributed by atoms with Gasteiger partial charge in [0.2, 0.25) is 0 Å². The van der Waals surface area contributed by atoms with Gasteiger partial charge >= 0.3 is 0 Å². The fourth-order valence-electron chi connectivity index (χ4n) is 0.960. The maximum Gasteiger partial charge on any atom is 0.0658 e. The van der Waals surface area contributed by atoms with E-state index in [2.05, 4.69) is 5.32 Å². The number of aliphatic hydroxyl groups excluding tert-OH is 1. The van der Waals surface area contributed by atoms with Gasteiger partial charge in [0.1, 0.15) is 0 Å². The molecule has 13 heavy (non-hydrogen) atoms. The van der Waals surface area contributed by atoms with Crippen LogP contribution in [0, 0.1) is 0 Å². The van der Waals surface area contributed by atoms with Gasteiger partial charge in [0.15, 0.2) is 0 Å². The van der Waals surface area contributed by atoms with Crippen molar-refractivity contribution >= 4 is 23.0 Å². The molecule has 4 heteroatoms. The molecule has 1 aromatic carbocycles. The summed E-state index contributed by atoms with van der Waals surface area (Å²) in [4.78, 5) is 0. The van der Waals surface area contributed by atoms with Crippen LogP contribution in [0.1, 0.15) is 6.92 Å². The van der Waals surface area contributed by atoms with Crippen LogP contribution in [0.25, 0.3) is 0 Å². The summed E-state index contributed by atoms with van der Waals surface area (Å²) in [7, 11) is 0. The summed E-state index contributed by atoms with van der Waals surface area (Å²) in [5.41, 5.74) is 6.95. The Morgan fingerprint density at radius 2 is 2.31 bits per heavy atom. The predicted octanol–water partition coefficient (Wildman–Crippen LogP) is 1.71. The molecule has 0 bridgehead atoms. The molecule has 0 fully saturated rings. The standard InChI is InChI=1S/C9H13ClN2O/c1-6(5-13)12-9-3-2-7(11)4-8(9)10/h2-4,6,12-13H,5,11H2,1H3. The first-order valence-electron chi connectivity index (χ1n) is 4.06. The van der Waals surface area contributed by atoms with E-state index in [9.17, 15) is 0 Å². The summed E-state index contributed by atoms with van der Waals surface area (Å²) in [6.45, 7) is 1.94. The Kier molecular flexibility index (Phi) is 3.39. The zero-order chi connectivity index (χ0) is 9.84. The minimum absolute atomic E-state index is 0.0128. The summed E-state index contributed by atoms with van der Waals surface area (Å²) in [5, 5.41) is 12.4. The van der Waals surface area contributed by atoms with Crippen LogP contribution in [0.2, 0.25) is 5.02 Å². The number of hydrogen-bond acceptors (Lipinski definition) is 3. The smallest absolute Gasteiger partial charge is 0.0658 e. The number of benzene rings is 1. The van der Waals surface area contributed by atoms with Crippen LogP contribution in [-0.4, -0.2) is 17.8 Å². The first kappa shape index (κ1) is 10.2. The molecule has 0 aliphatic carbocycles. The molecule has 3 nitrogen and oxygen atoms in total. The summed E-state index contributed by atoms with van der Waals surface area (Å²) in [6, 6.07) is 5.22. The Labute approximate surface area is 82.5 Å². The molecule has 0 heterocycles. The van der Waals surface area contributed by atoms with Crippen molar-refractivity contribution in [1.82, 2.24) is 0 Å². The molecule has 0 spiro atoms. The third-order valence-corrected chi connectivity index (χ3v) is 1.98. The molecule has 1 unspecified atom stereocenters. The molecule has 1 rings (SSSR count). The highest BCUT2D eigenvalue weighted by Gasteiger charge is 2.03. The highest BCUT2D eigenvalue weighted by Crippen LogP contribution is 2.24. The van der Waals surface area contributed by atoms with Crippen LogP contribution < -0.4 is 11.1 Å². The molecule has 0 saturated carbocycles. The van der Waals surface area contributed by atoms with Gasteiger partial charge in [-0.25, -0.2) is 0 Å². The van der Waals surface area contributed by atoms with Gasteiger partial charge < -0.3 is 16.2 Å². The van der Waals surface area contributed by atoms with E-state index in [-0.39, 0.29) is 12.6 Å². The van der Waals surface area contributed by atoms with Crippen molar-refractivity contribution in [2.24, 2.45) is 0 Å². The van der Waals surface area contributed by atoms with Crippen molar-refractivity contribution in [1.29, 1.82) is 0 Å². The third kappa shape index (κ3) is 2.79. The second kappa shape index (κ2) is 4.35. The van der Waals surface area contributed by atoms with Gasteiger partial charge in [0.25, 0.3) is 0 Å². The van der Waals surface area contributed by atoms with Crippen LogP contribution in [0.3, 0.4) is 0 Å².